The lowest BCUT2D eigenvalue weighted by Gasteiger charge is -2.08. The maximum atomic E-state index is 11.3. The standard InChI is InChI=1S/C27H47NO9/c1-2-3-4-5-6-7-8-9-10-11-31-12-13-32-14-15-33-16-17-34-18-19-35-20-21-36-22-23-37-25-24-26(29)28-27(25)30/h2,24H,1,3-23H2,(H,28,29,30). The maximum Gasteiger partial charge on any atom is 0.293 e. The smallest absolute Gasteiger partial charge is 0.293 e. The first-order valence-corrected chi connectivity index (χ1v) is 13.5. The average Bonchev–Trinajstić information content (AvgIpc) is 3.22. The Kier molecular flexibility index (Phi) is 23.2. The van der Waals surface area contributed by atoms with Crippen molar-refractivity contribution in [2.75, 3.05) is 85.9 Å². The number of amides is 2. The molecule has 214 valence electrons. The second-order valence-corrected chi connectivity index (χ2v) is 8.40. The molecule has 0 aliphatic carbocycles. The Morgan fingerprint density at radius 3 is 1.41 bits per heavy atom. The van der Waals surface area contributed by atoms with Crippen LogP contribution in [0.25, 0.3) is 0 Å². The number of allylic oxidation sites excluding steroid dienone is 1. The summed E-state index contributed by atoms with van der Waals surface area (Å²) in [6.07, 6.45) is 13.2. The molecule has 10 heteroatoms. The first kappa shape index (κ1) is 33.2. The van der Waals surface area contributed by atoms with Gasteiger partial charge in [0.25, 0.3) is 11.8 Å². The molecule has 0 spiro atoms. The zero-order chi connectivity index (χ0) is 26.7. The molecule has 0 fully saturated rings. The number of carbonyl (C=O) groups is 2. The maximum absolute atomic E-state index is 11.3. The van der Waals surface area contributed by atoms with Crippen LogP contribution in [-0.4, -0.2) is 97.7 Å². The first-order valence-electron chi connectivity index (χ1n) is 13.5. The van der Waals surface area contributed by atoms with E-state index >= 15 is 0 Å². The topological polar surface area (TPSA) is 111 Å². The van der Waals surface area contributed by atoms with Gasteiger partial charge in [0.15, 0.2) is 5.76 Å². The summed E-state index contributed by atoms with van der Waals surface area (Å²) in [6, 6.07) is 0. The monoisotopic (exact) mass is 529 g/mol. The Hall–Kier alpha value is -1.82. The Morgan fingerprint density at radius 2 is 0.973 bits per heavy atom. The van der Waals surface area contributed by atoms with Gasteiger partial charge in [-0.2, -0.15) is 0 Å². The lowest BCUT2D eigenvalue weighted by Crippen LogP contribution is -2.23. The summed E-state index contributed by atoms with van der Waals surface area (Å²) in [5.74, 6) is -0.974. The Labute approximate surface area is 222 Å². The number of rotatable bonds is 29. The summed E-state index contributed by atoms with van der Waals surface area (Å²) in [6.45, 7) is 10.1. The molecule has 37 heavy (non-hydrogen) atoms. The van der Waals surface area contributed by atoms with Gasteiger partial charge in [0.05, 0.1) is 78.8 Å². The molecular weight excluding hydrogens is 482 g/mol. The van der Waals surface area contributed by atoms with Crippen molar-refractivity contribution in [1.82, 2.24) is 5.32 Å². The van der Waals surface area contributed by atoms with E-state index in [0.29, 0.717) is 72.7 Å². The van der Waals surface area contributed by atoms with Crippen LogP contribution in [0.15, 0.2) is 24.5 Å². The lowest BCUT2D eigenvalue weighted by molar-refractivity contribution is -0.125. The van der Waals surface area contributed by atoms with Crippen LogP contribution in [0, 0.1) is 0 Å². The molecule has 10 nitrogen and oxygen atoms in total. The predicted molar refractivity (Wildman–Crippen MR) is 139 cm³/mol. The van der Waals surface area contributed by atoms with E-state index in [1.54, 1.807) is 0 Å². The molecule has 1 aliphatic heterocycles. The molecule has 0 saturated heterocycles. The number of imide groups is 1. The van der Waals surface area contributed by atoms with E-state index in [2.05, 4.69) is 11.9 Å². The molecule has 1 N–H and O–H groups in total. The SMILES string of the molecule is C=CCCCCCCCCCOCCOCCOCCOCCOCCOCCOC1=CC(=O)NC1=O. The van der Waals surface area contributed by atoms with Crippen LogP contribution in [-0.2, 0) is 42.7 Å². The van der Waals surface area contributed by atoms with Crippen molar-refractivity contribution in [3.8, 4) is 0 Å². The van der Waals surface area contributed by atoms with Gasteiger partial charge in [0.2, 0.25) is 0 Å². The first-order chi connectivity index (χ1) is 18.2. The van der Waals surface area contributed by atoms with Crippen LogP contribution < -0.4 is 5.32 Å². The third-order valence-corrected chi connectivity index (χ3v) is 5.26. The Bertz CT molecular complexity index is 613. The van der Waals surface area contributed by atoms with Crippen molar-refractivity contribution in [2.24, 2.45) is 0 Å². The minimum absolute atomic E-state index is 0.0150. The van der Waals surface area contributed by atoms with Crippen LogP contribution in [0.2, 0.25) is 0 Å². The number of nitrogens with one attached hydrogen (secondary N) is 1. The highest BCUT2D eigenvalue weighted by Gasteiger charge is 2.21. The van der Waals surface area contributed by atoms with Gasteiger partial charge in [-0.05, 0) is 19.3 Å². The molecule has 0 aromatic rings. The minimum atomic E-state index is -0.523. The van der Waals surface area contributed by atoms with Crippen LogP contribution in [0.4, 0.5) is 0 Å². The fourth-order valence-corrected chi connectivity index (χ4v) is 3.29. The molecule has 1 aliphatic rings. The molecule has 0 aromatic heterocycles. The Balaban J connectivity index is 1.65. The van der Waals surface area contributed by atoms with E-state index in [-0.39, 0.29) is 12.4 Å². The number of ether oxygens (including phenoxy) is 7. The van der Waals surface area contributed by atoms with Gasteiger partial charge in [-0.1, -0.05) is 38.2 Å². The van der Waals surface area contributed by atoms with E-state index in [9.17, 15) is 9.59 Å². The molecule has 0 bridgehead atoms. The zero-order valence-electron chi connectivity index (χ0n) is 22.4. The minimum Gasteiger partial charge on any atom is -0.485 e. The molecule has 2 amide bonds. The Morgan fingerprint density at radius 1 is 0.568 bits per heavy atom. The van der Waals surface area contributed by atoms with Crippen LogP contribution in [0.5, 0.6) is 0 Å². The molecule has 0 saturated carbocycles. The van der Waals surface area contributed by atoms with Gasteiger partial charge >= 0.3 is 0 Å². The number of carbonyl (C=O) groups excluding carboxylic acids is 2. The highest BCUT2D eigenvalue weighted by molar-refractivity contribution is 6.15. The second kappa shape index (κ2) is 25.8. The van der Waals surface area contributed by atoms with Crippen molar-refractivity contribution >= 4 is 11.8 Å². The van der Waals surface area contributed by atoms with Crippen molar-refractivity contribution in [2.45, 2.75) is 51.4 Å². The van der Waals surface area contributed by atoms with Crippen molar-refractivity contribution in [1.29, 1.82) is 0 Å². The highest BCUT2D eigenvalue weighted by Crippen LogP contribution is 2.08. The summed E-state index contributed by atoms with van der Waals surface area (Å²) in [5, 5.41) is 2.10. The highest BCUT2D eigenvalue weighted by atomic mass is 16.6. The summed E-state index contributed by atoms with van der Waals surface area (Å²) in [5.41, 5.74) is 0. The van der Waals surface area contributed by atoms with Gasteiger partial charge in [-0.3, -0.25) is 14.9 Å². The van der Waals surface area contributed by atoms with Gasteiger partial charge in [0.1, 0.15) is 6.61 Å². The number of hydrogen-bond acceptors (Lipinski definition) is 9. The molecular formula is C27H47NO9. The molecule has 0 radical (unpaired) electrons. The third kappa shape index (κ3) is 21.9. The van der Waals surface area contributed by atoms with Crippen LogP contribution in [0.3, 0.4) is 0 Å². The summed E-state index contributed by atoms with van der Waals surface area (Å²) in [7, 11) is 0. The largest absolute Gasteiger partial charge is 0.485 e. The second-order valence-electron chi connectivity index (χ2n) is 8.40. The van der Waals surface area contributed by atoms with E-state index < -0.39 is 11.8 Å². The van der Waals surface area contributed by atoms with Gasteiger partial charge in [-0.25, -0.2) is 0 Å². The van der Waals surface area contributed by atoms with Gasteiger partial charge in [-0.15, -0.1) is 6.58 Å². The molecule has 1 rings (SSSR count). The summed E-state index contributed by atoms with van der Waals surface area (Å²) >= 11 is 0. The van der Waals surface area contributed by atoms with Crippen molar-refractivity contribution < 1.29 is 42.7 Å². The van der Waals surface area contributed by atoms with Gasteiger partial charge < -0.3 is 33.2 Å². The van der Waals surface area contributed by atoms with Crippen molar-refractivity contribution in [3.05, 3.63) is 24.5 Å². The fourth-order valence-electron chi connectivity index (χ4n) is 3.29. The molecule has 0 atom stereocenters. The quantitative estimate of drug-likeness (QED) is 0.0888. The van der Waals surface area contributed by atoms with Crippen LogP contribution >= 0.6 is 0 Å². The fraction of sp³-hybridized carbons (Fsp3) is 0.778. The zero-order valence-corrected chi connectivity index (χ0v) is 22.4. The summed E-state index contributed by atoms with van der Waals surface area (Å²) in [4.78, 5) is 22.2. The van der Waals surface area contributed by atoms with Gasteiger partial charge in [0, 0.05) is 6.61 Å². The molecule has 1 heterocycles. The number of hydrogen-bond donors (Lipinski definition) is 1. The predicted octanol–water partition coefficient (Wildman–Crippen LogP) is 2.95. The lowest BCUT2D eigenvalue weighted by atomic mass is 10.1. The number of unbranched alkanes of at least 4 members (excludes halogenated alkanes) is 7. The average molecular weight is 530 g/mol. The third-order valence-electron chi connectivity index (χ3n) is 5.26. The normalized spacial score (nSPS) is 13.1. The van der Waals surface area contributed by atoms with Crippen LogP contribution in [0.1, 0.15) is 51.4 Å². The van der Waals surface area contributed by atoms with E-state index in [0.717, 1.165) is 25.5 Å². The van der Waals surface area contributed by atoms with E-state index in [1.165, 1.54) is 38.5 Å². The summed E-state index contributed by atoms with van der Waals surface area (Å²) < 4.78 is 37.9. The van der Waals surface area contributed by atoms with E-state index in [4.69, 9.17) is 33.2 Å². The molecule has 0 unspecified atom stereocenters. The van der Waals surface area contributed by atoms with Crippen molar-refractivity contribution in [3.63, 3.8) is 0 Å². The molecule has 0 aromatic carbocycles. The van der Waals surface area contributed by atoms with E-state index in [1.807, 2.05) is 6.08 Å².